The highest BCUT2D eigenvalue weighted by molar-refractivity contribution is 5.64. The first-order chi connectivity index (χ1) is 5.60. The molecule has 0 spiro atoms. The Morgan fingerprint density at radius 3 is 2.00 bits per heavy atom. The van der Waals surface area contributed by atoms with Crippen LogP contribution >= 0.6 is 0 Å². The van der Waals surface area contributed by atoms with E-state index < -0.39 is 11.5 Å². The Balaban J connectivity index is 4.30. The minimum absolute atomic E-state index is 0.0961. The van der Waals surface area contributed by atoms with E-state index in [0.717, 1.165) is 0 Å². The average molecular weight is 167 g/mol. The quantitative estimate of drug-likeness (QED) is 0.632. The fraction of sp³-hybridized carbons (Fsp3) is 0.222. The molecule has 0 heterocycles. The van der Waals surface area contributed by atoms with Crippen molar-refractivity contribution in [2.75, 3.05) is 6.61 Å². The second kappa shape index (κ2) is 4.38. The molecule has 0 aliphatic carbocycles. The van der Waals surface area contributed by atoms with Gasteiger partial charge in [-0.1, -0.05) is 18.2 Å². The van der Waals surface area contributed by atoms with E-state index in [-0.39, 0.29) is 6.61 Å². The normalized spacial score (nSPS) is 10.0. The Labute approximate surface area is 72.2 Å². The molecule has 12 heavy (non-hydrogen) atoms. The van der Waals surface area contributed by atoms with Crippen LogP contribution in [0.1, 0.15) is 0 Å². The molecule has 3 heteroatoms. The van der Waals surface area contributed by atoms with E-state index in [1.54, 1.807) is 18.2 Å². The summed E-state index contributed by atoms with van der Waals surface area (Å²) in [5.74, 6) is 0. The van der Waals surface area contributed by atoms with E-state index in [2.05, 4.69) is 24.5 Å². The maximum atomic E-state index is 10.3. The number of carbonyl (C=O) groups is 1. The number of primary amides is 1. The van der Waals surface area contributed by atoms with E-state index in [1.165, 1.54) is 0 Å². The molecular formula is C9H13NO2. The van der Waals surface area contributed by atoms with Gasteiger partial charge < -0.3 is 10.5 Å². The summed E-state index contributed by atoms with van der Waals surface area (Å²) >= 11 is 0. The third-order valence-corrected chi connectivity index (χ3v) is 1.60. The van der Waals surface area contributed by atoms with Gasteiger partial charge in [0.05, 0.1) is 5.41 Å². The van der Waals surface area contributed by atoms with Crippen LogP contribution in [0.4, 0.5) is 4.79 Å². The van der Waals surface area contributed by atoms with Crippen molar-refractivity contribution in [3.05, 3.63) is 38.0 Å². The van der Waals surface area contributed by atoms with Gasteiger partial charge in [0.2, 0.25) is 0 Å². The molecule has 0 aliphatic rings. The second-order valence-corrected chi connectivity index (χ2v) is 2.33. The molecule has 0 atom stereocenters. The highest BCUT2D eigenvalue weighted by atomic mass is 16.5. The SMILES string of the molecule is C=CC(C=C)(C=C)COC(N)=O. The second-order valence-electron chi connectivity index (χ2n) is 2.33. The summed E-state index contributed by atoms with van der Waals surface area (Å²) in [6.45, 7) is 10.8. The van der Waals surface area contributed by atoms with Crippen LogP contribution in [-0.2, 0) is 4.74 Å². The van der Waals surface area contributed by atoms with Gasteiger partial charge in [-0.15, -0.1) is 19.7 Å². The molecule has 0 radical (unpaired) electrons. The summed E-state index contributed by atoms with van der Waals surface area (Å²) in [5, 5.41) is 0. The van der Waals surface area contributed by atoms with Crippen molar-refractivity contribution in [3.8, 4) is 0 Å². The van der Waals surface area contributed by atoms with Crippen LogP contribution in [0.5, 0.6) is 0 Å². The fourth-order valence-corrected chi connectivity index (χ4v) is 0.623. The van der Waals surface area contributed by atoms with Crippen LogP contribution < -0.4 is 5.73 Å². The van der Waals surface area contributed by atoms with Crippen LogP contribution in [0.15, 0.2) is 38.0 Å². The lowest BCUT2D eigenvalue weighted by Crippen LogP contribution is -2.24. The van der Waals surface area contributed by atoms with Crippen LogP contribution in [0.2, 0.25) is 0 Å². The fourth-order valence-electron chi connectivity index (χ4n) is 0.623. The van der Waals surface area contributed by atoms with Crippen LogP contribution in [0.25, 0.3) is 0 Å². The molecule has 0 aliphatic heterocycles. The van der Waals surface area contributed by atoms with Gasteiger partial charge in [-0.05, 0) is 0 Å². The van der Waals surface area contributed by atoms with Crippen molar-refractivity contribution < 1.29 is 9.53 Å². The van der Waals surface area contributed by atoms with Gasteiger partial charge in [0.15, 0.2) is 0 Å². The first kappa shape index (κ1) is 10.5. The van der Waals surface area contributed by atoms with Gasteiger partial charge in [-0.2, -0.15) is 0 Å². The maximum absolute atomic E-state index is 10.3. The smallest absolute Gasteiger partial charge is 0.404 e. The topological polar surface area (TPSA) is 52.3 Å². The van der Waals surface area contributed by atoms with Gasteiger partial charge in [-0.3, -0.25) is 0 Å². The highest BCUT2D eigenvalue weighted by Crippen LogP contribution is 2.21. The zero-order valence-corrected chi connectivity index (χ0v) is 6.95. The molecule has 0 aromatic rings. The van der Waals surface area contributed by atoms with Crippen molar-refractivity contribution in [1.29, 1.82) is 0 Å². The molecule has 0 bridgehead atoms. The number of ether oxygens (including phenoxy) is 1. The van der Waals surface area contributed by atoms with E-state index in [0.29, 0.717) is 0 Å². The number of amides is 1. The van der Waals surface area contributed by atoms with Gasteiger partial charge in [0.1, 0.15) is 6.61 Å². The van der Waals surface area contributed by atoms with Crippen molar-refractivity contribution in [1.82, 2.24) is 0 Å². The number of rotatable bonds is 5. The Morgan fingerprint density at radius 2 is 1.75 bits per heavy atom. The summed E-state index contributed by atoms with van der Waals surface area (Å²) in [5.41, 5.74) is 4.23. The molecular weight excluding hydrogens is 154 g/mol. The Kier molecular flexibility index (Phi) is 3.83. The number of hydrogen-bond acceptors (Lipinski definition) is 2. The van der Waals surface area contributed by atoms with Gasteiger partial charge >= 0.3 is 6.09 Å². The zero-order valence-electron chi connectivity index (χ0n) is 6.95. The number of carbonyl (C=O) groups excluding carboxylic acids is 1. The lowest BCUT2D eigenvalue weighted by Gasteiger charge is -2.20. The molecule has 0 unspecified atom stereocenters. The van der Waals surface area contributed by atoms with E-state index >= 15 is 0 Å². The molecule has 66 valence electrons. The third-order valence-electron chi connectivity index (χ3n) is 1.60. The predicted octanol–water partition coefficient (Wildman–Crippen LogP) is 1.63. The summed E-state index contributed by atoms with van der Waals surface area (Å²) < 4.78 is 4.61. The Bertz CT molecular complexity index is 187. The number of nitrogens with two attached hydrogens (primary N) is 1. The Morgan fingerprint density at radius 1 is 1.33 bits per heavy atom. The minimum Gasteiger partial charge on any atom is -0.448 e. The molecule has 1 amide bonds. The van der Waals surface area contributed by atoms with E-state index in [9.17, 15) is 4.79 Å². The van der Waals surface area contributed by atoms with E-state index in [4.69, 9.17) is 5.73 Å². The van der Waals surface area contributed by atoms with Crippen LogP contribution in [0.3, 0.4) is 0 Å². The molecule has 0 fully saturated rings. The highest BCUT2D eigenvalue weighted by Gasteiger charge is 2.19. The molecule has 0 aromatic carbocycles. The lowest BCUT2D eigenvalue weighted by atomic mass is 9.90. The monoisotopic (exact) mass is 167 g/mol. The van der Waals surface area contributed by atoms with Crippen LogP contribution in [0, 0.1) is 5.41 Å². The van der Waals surface area contributed by atoms with Crippen molar-refractivity contribution in [2.45, 2.75) is 0 Å². The van der Waals surface area contributed by atoms with Crippen molar-refractivity contribution in [2.24, 2.45) is 11.1 Å². The summed E-state index contributed by atoms with van der Waals surface area (Å²) in [6, 6.07) is 0. The van der Waals surface area contributed by atoms with Gasteiger partial charge in [0, 0.05) is 0 Å². The summed E-state index contributed by atoms with van der Waals surface area (Å²) in [4.78, 5) is 10.3. The predicted molar refractivity (Wildman–Crippen MR) is 48.6 cm³/mol. The largest absolute Gasteiger partial charge is 0.448 e. The average Bonchev–Trinajstić information content (AvgIpc) is 2.08. The third kappa shape index (κ3) is 2.62. The van der Waals surface area contributed by atoms with Gasteiger partial charge in [0.25, 0.3) is 0 Å². The van der Waals surface area contributed by atoms with Crippen molar-refractivity contribution in [3.63, 3.8) is 0 Å². The molecule has 0 aromatic heterocycles. The molecule has 2 N–H and O–H groups in total. The first-order valence-corrected chi connectivity index (χ1v) is 3.43. The molecule has 0 saturated heterocycles. The Hall–Kier alpha value is -1.51. The van der Waals surface area contributed by atoms with Gasteiger partial charge in [-0.25, -0.2) is 4.79 Å². The standard InChI is InChI=1S/C9H13NO2/c1-4-9(5-2,6-3)7-12-8(10)11/h4-6H,1-3,7H2,(H2,10,11). The first-order valence-electron chi connectivity index (χ1n) is 3.43. The zero-order chi connectivity index (χ0) is 9.61. The van der Waals surface area contributed by atoms with Crippen LogP contribution in [-0.4, -0.2) is 12.7 Å². The maximum Gasteiger partial charge on any atom is 0.404 e. The molecule has 0 saturated carbocycles. The summed E-state index contributed by atoms with van der Waals surface area (Å²) in [7, 11) is 0. The van der Waals surface area contributed by atoms with Crippen molar-refractivity contribution >= 4 is 6.09 Å². The lowest BCUT2D eigenvalue weighted by molar-refractivity contribution is 0.139. The molecule has 3 nitrogen and oxygen atoms in total. The summed E-state index contributed by atoms with van der Waals surface area (Å²) in [6.07, 6.45) is 3.96. The van der Waals surface area contributed by atoms with E-state index in [1.807, 2.05) is 0 Å². The number of hydrogen-bond donors (Lipinski definition) is 1. The molecule has 0 rings (SSSR count). The minimum atomic E-state index is -0.815.